The predicted octanol–water partition coefficient (Wildman–Crippen LogP) is 2.74. The lowest BCUT2D eigenvalue weighted by molar-refractivity contribution is 0.115. The minimum Gasteiger partial charge on any atom is -0.316 e. The second-order valence-corrected chi connectivity index (χ2v) is 6.12. The first-order valence-corrected chi connectivity index (χ1v) is 6.97. The van der Waals surface area contributed by atoms with Crippen LogP contribution in [0.1, 0.15) is 46.5 Å². The predicted molar refractivity (Wildman–Crippen MR) is 71.8 cm³/mol. The molecule has 0 saturated carbocycles. The van der Waals surface area contributed by atoms with Crippen molar-refractivity contribution in [3.8, 4) is 0 Å². The van der Waals surface area contributed by atoms with Gasteiger partial charge in [-0.3, -0.25) is 0 Å². The fraction of sp³-hybridized carbons (Fsp3) is 1.00. The van der Waals surface area contributed by atoms with Crippen molar-refractivity contribution in [3.05, 3.63) is 0 Å². The van der Waals surface area contributed by atoms with E-state index in [1.807, 2.05) is 0 Å². The number of hydrogen-bond donors (Lipinski definition) is 1. The molecule has 0 aliphatic carbocycles. The van der Waals surface area contributed by atoms with Crippen molar-refractivity contribution in [2.24, 2.45) is 11.3 Å². The molecule has 16 heavy (non-hydrogen) atoms. The Morgan fingerprint density at radius 2 is 2.12 bits per heavy atom. The molecule has 2 nitrogen and oxygen atoms in total. The van der Waals surface area contributed by atoms with Gasteiger partial charge in [0, 0.05) is 19.6 Å². The van der Waals surface area contributed by atoms with E-state index in [-0.39, 0.29) is 0 Å². The smallest absolute Gasteiger partial charge is 0.00472 e. The summed E-state index contributed by atoms with van der Waals surface area (Å²) in [5, 5.41) is 3.59. The van der Waals surface area contributed by atoms with E-state index in [2.05, 4.69) is 38.0 Å². The zero-order chi connectivity index (χ0) is 12.0. The van der Waals surface area contributed by atoms with E-state index in [0.29, 0.717) is 5.41 Å². The minimum atomic E-state index is 0.552. The minimum absolute atomic E-state index is 0.552. The van der Waals surface area contributed by atoms with Gasteiger partial charge in [-0.15, -0.1) is 0 Å². The van der Waals surface area contributed by atoms with Crippen molar-refractivity contribution in [1.82, 2.24) is 10.2 Å². The maximum Gasteiger partial charge on any atom is 0.00472 e. The Bertz CT molecular complexity index is 178. The van der Waals surface area contributed by atoms with Crippen LogP contribution in [0.4, 0.5) is 0 Å². The van der Waals surface area contributed by atoms with Gasteiger partial charge in [-0.25, -0.2) is 0 Å². The molecule has 1 rings (SSSR count). The van der Waals surface area contributed by atoms with Crippen molar-refractivity contribution in [3.63, 3.8) is 0 Å². The van der Waals surface area contributed by atoms with Crippen LogP contribution in [0.5, 0.6) is 0 Å². The zero-order valence-electron chi connectivity index (χ0n) is 11.7. The maximum absolute atomic E-state index is 3.59. The van der Waals surface area contributed by atoms with Crippen LogP contribution in [-0.2, 0) is 0 Å². The molecule has 0 amide bonds. The van der Waals surface area contributed by atoms with Crippen LogP contribution in [0.2, 0.25) is 0 Å². The van der Waals surface area contributed by atoms with Crippen molar-refractivity contribution < 1.29 is 0 Å². The fourth-order valence-corrected chi connectivity index (χ4v) is 3.25. The van der Waals surface area contributed by atoms with Gasteiger partial charge in [-0.1, -0.05) is 27.2 Å². The third-order valence-corrected chi connectivity index (χ3v) is 3.62. The summed E-state index contributed by atoms with van der Waals surface area (Å²) in [7, 11) is 2.28. The van der Waals surface area contributed by atoms with E-state index >= 15 is 0 Å². The molecule has 96 valence electrons. The lowest BCUT2D eigenvalue weighted by atomic mass is 9.76. The molecule has 0 aromatic heterocycles. The zero-order valence-corrected chi connectivity index (χ0v) is 11.7. The summed E-state index contributed by atoms with van der Waals surface area (Å²) in [5.74, 6) is 0.778. The van der Waals surface area contributed by atoms with Crippen LogP contribution in [0.3, 0.4) is 0 Å². The molecule has 0 bridgehead atoms. The van der Waals surface area contributed by atoms with Crippen LogP contribution in [-0.4, -0.2) is 38.1 Å². The van der Waals surface area contributed by atoms with Gasteiger partial charge >= 0.3 is 0 Å². The molecule has 1 aliphatic rings. The Hall–Kier alpha value is -0.0800. The first kappa shape index (κ1) is 14.0. The molecule has 1 N–H and O–H groups in total. The molecular weight excluding hydrogens is 196 g/mol. The van der Waals surface area contributed by atoms with Gasteiger partial charge in [0.05, 0.1) is 0 Å². The lowest BCUT2D eigenvalue weighted by Gasteiger charge is -2.41. The van der Waals surface area contributed by atoms with E-state index in [1.165, 1.54) is 51.9 Å². The largest absolute Gasteiger partial charge is 0.316 e. The highest BCUT2D eigenvalue weighted by Crippen LogP contribution is 2.32. The van der Waals surface area contributed by atoms with Crippen molar-refractivity contribution in [1.29, 1.82) is 0 Å². The third-order valence-electron chi connectivity index (χ3n) is 3.62. The number of hydrogen-bond acceptors (Lipinski definition) is 2. The molecule has 1 aliphatic heterocycles. The SMILES string of the molecule is CCCC1(CN(C)CC(C)C)CCCNC1. The number of piperidine rings is 1. The van der Waals surface area contributed by atoms with E-state index in [1.54, 1.807) is 0 Å². The summed E-state index contributed by atoms with van der Waals surface area (Å²) < 4.78 is 0. The Morgan fingerprint density at radius 3 is 2.62 bits per heavy atom. The molecule has 1 saturated heterocycles. The topological polar surface area (TPSA) is 15.3 Å². The van der Waals surface area contributed by atoms with E-state index in [9.17, 15) is 0 Å². The Kier molecular flexibility index (Phi) is 5.77. The molecule has 1 heterocycles. The molecule has 0 aromatic rings. The fourth-order valence-electron chi connectivity index (χ4n) is 3.25. The van der Waals surface area contributed by atoms with E-state index in [0.717, 1.165) is 5.92 Å². The molecule has 0 aromatic carbocycles. The van der Waals surface area contributed by atoms with Gasteiger partial charge in [-0.05, 0) is 44.2 Å². The van der Waals surface area contributed by atoms with E-state index in [4.69, 9.17) is 0 Å². The summed E-state index contributed by atoms with van der Waals surface area (Å²) in [5.41, 5.74) is 0.552. The first-order chi connectivity index (χ1) is 7.58. The summed E-state index contributed by atoms with van der Waals surface area (Å²) in [6.45, 7) is 11.9. The van der Waals surface area contributed by atoms with Crippen LogP contribution in [0.15, 0.2) is 0 Å². The normalized spacial score (nSPS) is 26.6. The van der Waals surface area contributed by atoms with Gasteiger partial charge in [0.15, 0.2) is 0 Å². The quantitative estimate of drug-likeness (QED) is 0.749. The second kappa shape index (κ2) is 6.61. The Morgan fingerprint density at radius 1 is 1.38 bits per heavy atom. The van der Waals surface area contributed by atoms with E-state index < -0.39 is 0 Å². The highest BCUT2D eigenvalue weighted by atomic mass is 15.1. The molecular formula is C14H30N2. The van der Waals surface area contributed by atoms with Crippen molar-refractivity contribution in [2.75, 3.05) is 33.2 Å². The average Bonchev–Trinajstić information content (AvgIpc) is 2.17. The van der Waals surface area contributed by atoms with Crippen molar-refractivity contribution >= 4 is 0 Å². The van der Waals surface area contributed by atoms with Gasteiger partial charge < -0.3 is 10.2 Å². The third kappa shape index (κ3) is 4.42. The molecule has 1 unspecified atom stereocenters. The van der Waals surface area contributed by atoms with Crippen LogP contribution < -0.4 is 5.32 Å². The summed E-state index contributed by atoms with van der Waals surface area (Å²) >= 11 is 0. The number of nitrogens with one attached hydrogen (secondary N) is 1. The number of rotatable bonds is 6. The summed E-state index contributed by atoms with van der Waals surface area (Å²) in [6.07, 6.45) is 5.46. The molecule has 1 atom stereocenters. The monoisotopic (exact) mass is 226 g/mol. The van der Waals surface area contributed by atoms with Crippen molar-refractivity contribution in [2.45, 2.75) is 46.5 Å². The molecule has 1 fully saturated rings. The molecule has 0 spiro atoms. The summed E-state index contributed by atoms with van der Waals surface area (Å²) in [4.78, 5) is 2.54. The van der Waals surface area contributed by atoms with Crippen LogP contribution in [0, 0.1) is 11.3 Å². The second-order valence-electron chi connectivity index (χ2n) is 6.12. The van der Waals surface area contributed by atoms with Gasteiger partial charge in [0.2, 0.25) is 0 Å². The summed E-state index contributed by atoms with van der Waals surface area (Å²) in [6, 6.07) is 0. The molecule has 2 heteroatoms. The maximum atomic E-state index is 3.59. The van der Waals surface area contributed by atoms with Gasteiger partial charge in [0.1, 0.15) is 0 Å². The lowest BCUT2D eigenvalue weighted by Crippen LogP contribution is -2.47. The van der Waals surface area contributed by atoms with Crippen LogP contribution >= 0.6 is 0 Å². The molecule has 0 radical (unpaired) electrons. The first-order valence-electron chi connectivity index (χ1n) is 6.97. The number of nitrogens with zero attached hydrogens (tertiary/aromatic N) is 1. The Labute approximate surface area is 102 Å². The van der Waals surface area contributed by atoms with Crippen LogP contribution in [0.25, 0.3) is 0 Å². The van der Waals surface area contributed by atoms with Gasteiger partial charge in [0.25, 0.3) is 0 Å². The highest BCUT2D eigenvalue weighted by Gasteiger charge is 2.32. The average molecular weight is 226 g/mol. The standard InChI is InChI=1S/C14H30N2/c1-5-7-14(8-6-9-15-11-14)12-16(4)10-13(2)3/h13,15H,5-12H2,1-4H3. The highest BCUT2D eigenvalue weighted by molar-refractivity contribution is 4.87. The van der Waals surface area contributed by atoms with Gasteiger partial charge in [-0.2, -0.15) is 0 Å². The Balaban J connectivity index is 2.48.